The molecule has 0 aromatic heterocycles. The van der Waals surface area contributed by atoms with Crippen molar-refractivity contribution < 1.29 is 9.85 Å². The highest BCUT2D eigenvalue weighted by molar-refractivity contribution is 6.13. The molecule has 238 valence electrons. The highest BCUT2D eigenvalue weighted by Crippen LogP contribution is 2.23. The molecule has 0 fully saturated rings. The molecule has 4 aromatic rings. The van der Waals surface area contributed by atoms with Gasteiger partial charge in [0, 0.05) is 80.2 Å². The summed E-state index contributed by atoms with van der Waals surface area (Å²) in [7, 11) is 2.07. The third kappa shape index (κ3) is 8.69. The van der Waals surface area contributed by atoms with Crippen LogP contribution in [-0.2, 0) is 0 Å². The van der Waals surface area contributed by atoms with Crippen molar-refractivity contribution in [3.05, 3.63) is 146 Å². The Balaban J connectivity index is 1.24. The van der Waals surface area contributed by atoms with Crippen molar-refractivity contribution in [3.8, 4) is 0 Å². The molecule has 0 aliphatic carbocycles. The molecule has 0 radical (unpaired) electrons. The summed E-state index contributed by atoms with van der Waals surface area (Å²) in [5.41, 5.74) is 4.74. The van der Waals surface area contributed by atoms with Crippen molar-refractivity contribution in [3.63, 3.8) is 0 Å². The summed E-state index contributed by atoms with van der Waals surface area (Å²) < 4.78 is 0. The van der Waals surface area contributed by atoms with E-state index in [4.69, 9.17) is 0 Å². The summed E-state index contributed by atoms with van der Waals surface area (Å²) in [6, 6.07) is 27.1. The molecule has 5 rings (SSSR count). The summed E-state index contributed by atoms with van der Waals surface area (Å²) >= 11 is 0. The molecule has 0 atom stereocenters. The first-order valence-electron chi connectivity index (χ1n) is 14.9. The number of hydrogen-bond acceptors (Lipinski definition) is 11. The minimum Gasteiger partial charge on any atom is -0.370 e. The third-order valence-electron chi connectivity index (χ3n) is 7.43. The zero-order valence-corrected chi connectivity index (χ0v) is 26.0. The lowest BCUT2D eigenvalue weighted by molar-refractivity contribution is -0.385. The first-order valence-corrected chi connectivity index (χ1v) is 14.9. The second kappa shape index (κ2) is 15.2. The normalized spacial score (nSPS) is 12.6. The van der Waals surface area contributed by atoms with Crippen LogP contribution < -0.4 is 4.90 Å². The molecule has 13 nitrogen and oxygen atoms in total. The van der Waals surface area contributed by atoms with Gasteiger partial charge in [-0.05, 0) is 73.2 Å². The van der Waals surface area contributed by atoms with Crippen molar-refractivity contribution in [2.75, 3.05) is 38.3 Å². The molecule has 1 aliphatic heterocycles. The molecular formula is C34H33N9O4. The summed E-state index contributed by atoms with van der Waals surface area (Å²) in [6.07, 6.45) is 5.77. The van der Waals surface area contributed by atoms with E-state index in [1.54, 1.807) is 30.5 Å². The average Bonchev–Trinajstić information content (AvgIpc) is 3.52. The second-order valence-electron chi connectivity index (χ2n) is 10.7. The van der Waals surface area contributed by atoms with Crippen molar-refractivity contribution in [1.29, 1.82) is 0 Å². The van der Waals surface area contributed by atoms with Crippen LogP contribution in [0, 0.1) is 20.2 Å². The van der Waals surface area contributed by atoms with E-state index >= 15 is 0 Å². The molecule has 4 aromatic carbocycles. The molecule has 47 heavy (non-hydrogen) atoms. The Morgan fingerprint density at radius 3 is 1.79 bits per heavy atom. The van der Waals surface area contributed by atoms with Crippen LogP contribution in [0.1, 0.15) is 23.6 Å². The number of azo groups is 1. The quantitative estimate of drug-likeness (QED) is 0.0652. The molecule has 0 bridgehead atoms. The molecule has 0 spiro atoms. The van der Waals surface area contributed by atoms with Crippen LogP contribution in [0.15, 0.2) is 130 Å². The van der Waals surface area contributed by atoms with Gasteiger partial charge in [-0.15, -0.1) is 5.10 Å². The second-order valence-corrected chi connectivity index (χ2v) is 10.7. The number of non-ortho nitro benzene ring substituents is 2. The molecule has 1 heterocycles. The van der Waals surface area contributed by atoms with Gasteiger partial charge in [-0.3, -0.25) is 20.2 Å². The maximum Gasteiger partial charge on any atom is 0.269 e. The van der Waals surface area contributed by atoms with Crippen molar-refractivity contribution in [2.45, 2.75) is 6.92 Å². The number of anilines is 1. The van der Waals surface area contributed by atoms with E-state index in [1.165, 1.54) is 24.3 Å². The van der Waals surface area contributed by atoms with Crippen LogP contribution in [-0.4, -0.2) is 64.9 Å². The Kier molecular flexibility index (Phi) is 10.4. The minimum absolute atomic E-state index is 0.0625. The molecular weight excluding hydrogens is 598 g/mol. The molecule has 1 aliphatic rings. The summed E-state index contributed by atoms with van der Waals surface area (Å²) in [6.45, 7) is 5.84. The Morgan fingerprint density at radius 1 is 0.787 bits per heavy atom. The number of nitrogens with zero attached hydrogens (tertiary/aromatic N) is 9. The maximum atomic E-state index is 11.1. The summed E-state index contributed by atoms with van der Waals surface area (Å²) in [5.74, 6) is 0. The zero-order valence-electron chi connectivity index (χ0n) is 26.0. The number of nitro benzene ring substituents is 2. The SMILES string of the molecule is CCN(CCN1C=CN(C)C1)c1ccc(N=Nc2ccc(/C=N/N=C(c3ccc([N+](=O)[O-])cc3)c3ccc([N+](=O)[O-])cc3)cc2)cc1. The van der Waals surface area contributed by atoms with E-state index in [1.807, 2.05) is 36.4 Å². The Hall–Kier alpha value is -6.24. The van der Waals surface area contributed by atoms with Gasteiger partial charge in [0.15, 0.2) is 0 Å². The van der Waals surface area contributed by atoms with Crippen molar-refractivity contribution in [2.24, 2.45) is 20.4 Å². The standard InChI is InChI=1S/C34H33N9O4/c1-3-41(23-22-40-21-20-39(2)25-40)31-18-12-30(13-19-31)37-36-29-10-4-26(5-11-29)24-35-38-34(27-6-14-32(15-7-27)42(44)45)28-8-16-33(17-9-28)43(46)47/h4-21,24H,3,22-23,25H2,1-2H3/b35-24+,37-36?. The Bertz CT molecular complexity index is 1740. The largest absolute Gasteiger partial charge is 0.370 e. The average molecular weight is 632 g/mol. The van der Waals surface area contributed by atoms with E-state index in [0.717, 1.165) is 43.2 Å². The van der Waals surface area contributed by atoms with Crippen LogP contribution in [0.5, 0.6) is 0 Å². The number of hydrogen-bond donors (Lipinski definition) is 0. The van der Waals surface area contributed by atoms with Crippen LogP contribution in [0.25, 0.3) is 0 Å². The molecule has 0 saturated heterocycles. The van der Waals surface area contributed by atoms with Gasteiger partial charge in [0.1, 0.15) is 5.71 Å². The predicted molar refractivity (Wildman–Crippen MR) is 183 cm³/mol. The van der Waals surface area contributed by atoms with Crippen LogP contribution in [0.3, 0.4) is 0 Å². The van der Waals surface area contributed by atoms with Gasteiger partial charge in [0.05, 0.1) is 34.1 Å². The predicted octanol–water partition coefficient (Wildman–Crippen LogP) is 7.29. The summed E-state index contributed by atoms with van der Waals surface area (Å²) in [5, 5.41) is 39.5. The highest BCUT2D eigenvalue weighted by Gasteiger charge is 2.13. The van der Waals surface area contributed by atoms with Gasteiger partial charge >= 0.3 is 0 Å². The van der Waals surface area contributed by atoms with Crippen LogP contribution >= 0.6 is 0 Å². The fourth-order valence-electron chi connectivity index (χ4n) is 4.84. The van der Waals surface area contributed by atoms with E-state index in [0.29, 0.717) is 22.5 Å². The van der Waals surface area contributed by atoms with Gasteiger partial charge in [-0.1, -0.05) is 12.1 Å². The number of rotatable bonds is 13. The fraction of sp³-hybridized carbons (Fsp3) is 0.176. The van der Waals surface area contributed by atoms with E-state index in [2.05, 4.69) is 73.6 Å². The summed E-state index contributed by atoms with van der Waals surface area (Å²) in [4.78, 5) is 28.0. The molecule has 0 unspecified atom stereocenters. The van der Waals surface area contributed by atoms with Gasteiger partial charge in [0.2, 0.25) is 0 Å². The Labute approximate surface area is 271 Å². The third-order valence-corrected chi connectivity index (χ3v) is 7.43. The van der Waals surface area contributed by atoms with Crippen molar-refractivity contribution in [1.82, 2.24) is 9.80 Å². The van der Waals surface area contributed by atoms with Crippen molar-refractivity contribution >= 4 is 40.4 Å². The molecule has 0 amide bonds. The molecule has 13 heteroatoms. The lowest BCUT2D eigenvalue weighted by atomic mass is 10.0. The van der Waals surface area contributed by atoms with E-state index in [-0.39, 0.29) is 11.4 Å². The highest BCUT2D eigenvalue weighted by atomic mass is 16.6. The molecule has 0 saturated carbocycles. The van der Waals surface area contributed by atoms with Gasteiger partial charge in [-0.25, -0.2) is 0 Å². The Morgan fingerprint density at radius 2 is 1.32 bits per heavy atom. The van der Waals surface area contributed by atoms with Crippen LogP contribution in [0.4, 0.5) is 28.4 Å². The topological polar surface area (TPSA) is 145 Å². The zero-order chi connectivity index (χ0) is 33.2. The smallest absolute Gasteiger partial charge is 0.269 e. The van der Waals surface area contributed by atoms with Gasteiger partial charge < -0.3 is 14.7 Å². The van der Waals surface area contributed by atoms with Gasteiger partial charge in [-0.2, -0.15) is 15.3 Å². The van der Waals surface area contributed by atoms with E-state index in [9.17, 15) is 20.2 Å². The minimum atomic E-state index is -0.487. The maximum absolute atomic E-state index is 11.1. The van der Waals surface area contributed by atoms with Gasteiger partial charge in [0.25, 0.3) is 11.4 Å². The first-order chi connectivity index (χ1) is 22.8. The first kappa shape index (κ1) is 32.2. The number of nitro groups is 2. The monoisotopic (exact) mass is 631 g/mol. The molecule has 0 N–H and O–H groups in total. The van der Waals surface area contributed by atoms with Crippen LogP contribution in [0.2, 0.25) is 0 Å². The lowest BCUT2D eigenvalue weighted by Crippen LogP contribution is -2.33. The fourth-order valence-corrected chi connectivity index (χ4v) is 4.84. The number of likely N-dealkylation sites (N-methyl/N-ethyl adjacent to an activating group) is 1. The lowest BCUT2D eigenvalue weighted by Gasteiger charge is -2.26. The van der Waals surface area contributed by atoms with E-state index < -0.39 is 9.85 Å². The number of benzene rings is 4.